The summed E-state index contributed by atoms with van der Waals surface area (Å²) in [6.45, 7) is 2.29. The van der Waals surface area contributed by atoms with Crippen LogP contribution < -0.4 is 16.4 Å². The van der Waals surface area contributed by atoms with Gasteiger partial charge in [0.15, 0.2) is 0 Å². The Bertz CT molecular complexity index is 975. The van der Waals surface area contributed by atoms with Crippen molar-refractivity contribution < 1.29 is 9.59 Å². The highest BCUT2D eigenvalue weighted by molar-refractivity contribution is 6.10. The fraction of sp³-hybridized carbons (Fsp3) is 0.0909. The quantitative estimate of drug-likeness (QED) is 0.599. The van der Waals surface area contributed by atoms with Gasteiger partial charge in [-0.2, -0.15) is 0 Å². The molecule has 144 valence electrons. The number of hydrogen-bond acceptors (Lipinski definition) is 3. The number of amides is 2. The lowest BCUT2D eigenvalue weighted by molar-refractivity contribution is 0.101. The number of aryl methyl sites for hydroxylation is 1. The molecule has 0 spiro atoms. The fourth-order valence-electron chi connectivity index (χ4n) is 2.69. The van der Waals surface area contributed by atoms with Gasteiger partial charge >= 0.3 is 0 Å². The van der Waals surface area contributed by atoms with Crippen molar-refractivity contribution >= 4 is 35.6 Å². The molecular formula is C22H22ClN3O2. The number of carbonyl (C=O) groups is 2. The minimum absolute atomic E-state index is 0. The first-order valence-electron chi connectivity index (χ1n) is 8.64. The maximum atomic E-state index is 12.6. The first kappa shape index (κ1) is 21.2. The van der Waals surface area contributed by atoms with Crippen molar-refractivity contribution in [3.8, 4) is 0 Å². The minimum Gasteiger partial charge on any atom is -0.326 e. The smallest absolute Gasteiger partial charge is 0.255 e. The van der Waals surface area contributed by atoms with Crippen molar-refractivity contribution in [3.05, 3.63) is 95.1 Å². The van der Waals surface area contributed by atoms with Gasteiger partial charge in [-0.15, -0.1) is 12.4 Å². The van der Waals surface area contributed by atoms with Crippen LogP contribution in [-0.2, 0) is 6.54 Å². The zero-order valence-corrected chi connectivity index (χ0v) is 16.3. The van der Waals surface area contributed by atoms with Crippen molar-refractivity contribution in [2.45, 2.75) is 13.5 Å². The van der Waals surface area contributed by atoms with Gasteiger partial charge in [0, 0.05) is 17.7 Å². The molecule has 0 saturated carbocycles. The molecule has 0 bridgehead atoms. The Morgan fingerprint density at radius 2 is 1.43 bits per heavy atom. The second-order valence-corrected chi connectivity index (χ2v) is 6.23. The van der Waals surface area contributed by atoms with Crippen LogP contribution in [0.3, 0.4) is 0 Å². The van der Waals surface area contributed by atoms with Crippen LogP contribution in [0, 0.1) is 6.92 Å². The molecule has 6 heteroatoms. The van der Waals surface area contributed by atoms with Crippen LogP contribution in [0.25, 0.3) is 0 Å². The number of hydrogen-bond donors (Lipinski definition) is 3. The zero-order chi connectivity index (χ0) is 19.2. The molecule has 3 aromatic rings. The van der Waals surface area contributed by atoms with E-state index in [1.807, 2.05) is 31.2 Å². The lowest BCUT2D eigenvalue weighted by Crippen LogP contribution is -2.17. The van der Waals surface area contributed by atoms with Gasteiger partial charge in [-0.1, -0.05) is 36.4 Å². The topological polar surface area (TPSA) is 84.2 Å². The normalized spacial score (nSPS) is 9.93. The molecule has 0 unspecified atom stereocenters. The van der Waals surface area contributed by atoms with Crippen LogP contribution in [0.2, 0.25) is 0 Å². The van der Waals surface area contributed by atoms with Crippen LogP contribution in [0.5, 0.6) is 0 Å². The zero-order valence-electron chi connectivity index (χ0n) is 15.4. The first-order valence-corrected chi connectivity index (χ1v) is 8.64. The molecule has 3 aromatic carbocycles. The number of halogens is 1. The van der Waals surface area contributed by atoms with Gasteiger partial charge in [-0.3, -0.25) is 9.59 Å². The summed E-state index contributed by atoms with van der Waals surface area (Å²) < 4.78 is 0. The van der Waals surface area contributed by atoms with Crippen LogP contribution in [0.15, 0.2) is 72.8 Å². The molecule has 0 atom stereocenters. The second-order valence-electron chi connectivity index (χ2n) is 6.23. The molecule has 0 aliphatic carbocycles. The third kappa shape index (κ3) is 5.19. The molecule has 0 heterocycles. The van der Waals surface area contributed by atoms with Crippen LogP contribution >= 0.6 is 12.4 Å². The molecule has 3 rings (SSSR count). The van der Waals surface area contributed by atoms with Gasteiger partial charge < -0.3 is 16.4 Å². The van der Waals surface area contributed by atoms with Crippen LogP contribution in [0.4, 0.5) is 11.4 Å². The minimum atomic E-state index is -0.258. The van der Waals surface area contributed by atoms with E-state index in [0.29, 0.717) is 29.0 Å². The van der Waals surface area contributed by atoms with Gasteiger partial charge in [0.2, 0.25) is 0 Å². The number of nitrogens with two attached hydrogens (primary N) is 1. The van der Waals surface area contributed by atoms with Crippen LogP contribution in [-0.4, -0.2) is 11.8 Å². The fourth-order valence-corrected chi connectivity index (χ4v) is 2.69. The van der Waals surface area contributed by atoms with E-state index in [0.717, 1.165) is 11.1 Å². The van der Waals surface area contributed by atoms with Gasteiger partial charge in [-0.25, -0.2) is 0 Å². The van der Waals surface area contributed by atoms with Gasteiger partial charge in [0.25, 0.3) is 11.8 Å². The van der Waals surface area contributed by atoms with Gasteiger partial charge in [0.1, 0.15) is 0 Å². The third-order valence-electron chi connectivity index (χ3n) is 4.13. The van der Waals surface area contributed by atoms with E-state index in [4.69, 9.17) is 5.73 Å². The molecule has 2 amide bonds. The molecule has 0 fully saturated rings. The standard InChI is InChI=1S/C22H21N3O2.ClH/c1-15-10-11-19(24-21(26)17-7-3-2-4-8-17)20(12-15)25-22(27)18-9-5-6-16(13-18)14-23;/h2-13H,14,23H2,1H3,(H,24,26)(H,25,27);1H. The largest absolute Gasteiger partial charge is 0.326 e. The molecule has 5 nitrogen and oxygen atoms in total. The number of nitrogens with one attached hydrogen (secondary N) is 2. The monoisotopic (exact) mass is 395 g/mol. The van der Waals surface area contributed by atoms with Crippen molar-refractivity contribution in [2.75, 3.05) is 10.6 Å². The predicted octanol–water partition coefficient (Wildman–Crippen LogP) is 4.38. The Balaban J connectivity index is 0.00000280. The highest BCUT2D eigenvalue weighted by atomic mass is 35.5. The Morgan fingerprint density at radius 1 is 0.786 bits per heavy atom. The maximum absolute atomic E-state index is 12.6. The summed E-state index contributed by atoms with van der Waals surface area (Å²) >= 11 is 0. The molecule has 4 N–H and O–H groups in total. The Hall–Kier alpha value is -3.15. The molecular weight excluding hydrogens is 374 g/mol. The molecule has 0 radical (unpaired) electrons. The summed E-state index contributed by atoms with van der Waals surface area (Å²) in [4.78, 5) is 25.1. The molecule has 0 aliphatic rings. The molecule has 28 heavy (non-hydrogen) atoms. The average molecular weight is 396 g/mol. The molecule has 0 aromatic heterocycles. The number of anilines is 2. The SMILES string of the molecule is Cc1ccc(NC(=O)c2ccccc2)c(NC(=O)c2cccc(CN)c2)c1.Cl. The summed E-state index contributed by atoms with van der Waals surface area (Å²) in [5.74, 6) is -0.494. The molecule has 0 saturated heterocycles. The molecule has 0 aliphatic heterocycles. The summed E-state index contributed by atoms with van der Waals surface area (Å²) in [6.07, 6.45) is 0. The number of rotatable bonds is 5. The third-order valence-corrected chi connectivity index (χ3v) is 4.13. The maximum Gasteiger partial charge on any atom is 0.255 e. The van der Waals surface area contributed by atoms with Gasteiger partial charge in [0.05, 0.1) is 11.4 Å². The summed E-state index contributed by atoms with van der Waals surface area (Å²) in [5, 5.41) is 5.74. The predicted molar refractivity (Wildman–Crippen MR) is 115 cm³/mol. The summed E-state index contributed by atoms with van der Waals surface area (Å²) in [5.41, 5.74) is 9.64. The van der Waals surface area contributed by atoms with E-state index in [-0.39, 0.29) is 24.2 Å². The van der Waals surface area contributed by atoms with E-state index >= 15 is 0 Å². The Labute approximate surface area is 170 Å². The highest BCUT2D eigenvalue weighted by Crippen LogP contribution is 2.24. The highest BCUT2D eigenvalue weighted by Gasteiger charge is 2.13. The van der Waals surface area contributed by atoms with Gasteiger partial charge in [-0.05, 0) is 54.4 Å². The van der Waals surface area contributed by atoms with Crippen molar-refractivity contribution in [3.63, 3.8) is 0 Å². The van der Waals surface area contributed by atoms with E-state index in [2.05, 4.69) is 10.6 Å². The number of benzene rings is 3. The Morgan fingerprint density at radius 3 is 2.14 bits per heavy atom. The average Bonchev–Trinajstić information content (AvgIpc) is 2.70. The summed E-state index contributed by atoms with van der Waals surface area (Å²) in [6, 6.07) is 21.6. The lowest BCUT2D eigenvalue weighted by atomic mass is 10.1. The van der Waals surface area contributed by atoms with E-state index < -0.39 is 0 Å². The number of carbonyl (C=O) groups excluding carboxylic acids is 2. The lowest BCUT2D eigenvalue weighted by Gasteiger charge is -2.14. The first-order chi connectivity index (χ1) is 13.1. The van der Waals surface area contributed by atoms with E-state index in [9.17, 15) is 9.59 Å². The second kappa shape index (κ2) is 9.69. The van der Waals surface area contributed by atoms with E-state index in [1.165, 1.54) is 0 Å². The van der Waals surface area contributed by atoms with Crippen LogP contribution in [0.1, 0.15) is 31.8 Å². The van der Waals surface area contributed by atoms with Crippen molar-refractivity contribution in [2.24, 2.45) is 5.73 Å². The van der Waals surface area contributed by atoms with Crippen molar-refractivity contribution in [1.82, 2.24) is 0 Å². The Kier molecular flexibility index (Phi) is 7.32. The van der Waals surface area contributed by atoms with E-state index in [1.54, 1.807) is 48.5 Å². The summed E-state index contributed by atoms with van der Waals surface area (Å²) in [7, 11) is 0. The van der Waals surface area contributed by atoms with Crippen molar-refractivity contribution in [1.29, 1.82) is 0 Å².